The molecule has 2 N–H and O–H groups in total. The van der Waals surface area contributed by atoms with Gasteiger partial charge in [0, 0.05) is 37.2 Å². The number of hydrogen-bond donors (Lipinski definition) is 2. The smallest absolute Gasteiger partial charge is 0.254 e. The number of benzene rings is 1. The molecule has 1 saturated heterocycles. The number of fused-ring (bicyclic) bond motifs is 1. The van der Waals surface area contributed by atoms with Crippen molar-refractivity contribution in [3.05, 3.63) is 60.6 Å². The van der Waals surface area contributed by atoms with Crippen LogP contribution in [0.2, 0.25) is 0 Å². The Labute approximate surface area is 175 Å². The summed E-state index contributed by atoms with van der Waals surface area (Å²) < 4.78 is 13.2. The van der Waals surface area contributed by atoms with Gasteiger partial charge in [-0.3, -0.25) is 4.79 Å². The maximum Gasteiger partial charge on any atom is 0.254 e. The summed E-state index contributed by atoms with van der Waals surface area (Å²) in [6, 6.07) is 13.2. The minimum Gasteiger partial charge on any atom is -0.487 e. The second-order valence-corrected chi connectivity index (χ2v) is 6.07. The second-order valence-electron chi connectivity index (χ2n) is 6.07. The zero-order valence-corrected chi connectivity index (χ0v) is 16.7. The van der Waals surface area contributed by atoms with Crippen molar-refractivity contribution >= 4 is 42.1 Å². The molecule has 0 saturated carbocycles. The van der Waals surface area contributed by atoms with Crippen LogP contribution in [0.25, 0.3) is 5.65 Å². The Hall–Kier alpha value is -2.32. The molecule has 7 nitrogen and oxygen atoms in total. The van der Waals surface area contributed by atoms with Crippen molar-refractivity contribution in [2.24, 2.45) is 0 Å². The van der Waals surface area contributed by atoms with Gasteiger partial charge < -0.3 is 24.5 Å². The molecular formula is C19H22Cl2N4O3. The first kappa shape index (κ1) is 22.0. The summed E-state index contributed by atoms with van der Waals surface area (Å²) in [7, 11) is 0. The molecule has 0 spiro atoms. The van der Waals surface area contributed by atoms with Crippen LogP contribution in [-0.4, -0.2) is 41.1 Å². The van der Waals surface area contributed by atoms with Crippen molar-refractivity contribution in [1.29, 1.82) is 0 Å². The summed E-state index contributed by atoms with van der Waals surface area (Å²) in [5.41, 5.74) is 2.40. The van der Waals surface area contributed by atoms with E-state index in [1.807, 2.05) is 53.2 Å². The highest BCUT2D eigenvalue weighted by atomic mass is 35.5. The average molecular weight is 425 g/mol. The van der Waals surface area contributed by atoms with E-state index in [4.69, 9.17) is 9.47 Å². The Kier molecular flexibility index (Phi) is 8.07. The minimum atomic E-state index is -0.466. The second kappa shape index (κ2) is 10.3. The van der Waals surface area contributed by atoms with Gasteiger partial charge in [-0.1, -0.05) is 12.1 Å². The summed E-state index contributed by atoms with van der Waals surface area (Å²) in [6.45, 7) is 2.20. The zero-order chi connectivity index (χ0) is 17.8. The van der Waals surface area contributed by atoms with Crippen LogP contribution in [-0.2, 0) is 16.1 Å². The van der Waals surface area contributed by atoms with Crippen molar-refractivity contribution in [3.63, 3.8) is 0 Å². The van der Waals surface area contributed by atoms with Gasteiger partial charge in [-0.05, 0) is 24.3 Å². The number of anilines is 1. The van der Waals surface area contributed by atoms with Gasteiger partial charge in [0.15, 0.2) is 0 Å². The van der Waals surface area contributed by atoms with Crippen LogP contribution in [0, 0.1) is 0 Å². The van der Waals surface area contributed by atoms with Gasteiger partial charge in [0.2, 0.25) is 0 Å². The fourth-order valence-electron chi connectivity index (χ4n) is 2.83. The maximum absolute atomic E-state index is 12.2. The maximum atomic E-state index is 12.2. The van der Waals surface area contributed by atoms with E-state index in [1.165, 1.54) is 0 Å². The third kappa shape index (κ3) is 5.36. The fraction of sp³-hybridized carbons (Fsp3) is 0.263. The van der Waals surface area contributed by atoms with Crippen LogP contribution < -0.4 is 15.4 Å². The number of ether oxygens (including phenoxy) is 2. The number of nitrogens with one attached hydrogen (secondary N) is 2. The number of pyridine rings is 1. The summed E-state index contributed by atoms with van der Waals surface area (Å²) in [5, 5.41) is 6.01. The average Bonchev–Trinajstić information content (AvgIpc) is 3.10. The molecular weight excluding hydrogens is 403 g/mol. The van der Waals surface area contributed by atoms with Crippen molar-refractivity contribution < 1.29 is 14.3 Å². The first-order valence-corrected chi connectivity index (χ1v) is 8.56. The number of amides is 1. The molecule has 2 aromatic heterocycles. The molecule has 1 amide bonds. The van der Waals surface area contributed by atoms with Crippen molar-refractivity contribution in [3.8, 4) is 5.75 Å². The van der Waals surface area contributed by atoms with Crippen LogP contribution in [0.3, 0.4) is 0 Å². The van der Waals surface area contributed by atoms with Gasteiger partial charge in [-0.25, -0.2) is 4.98 Å². The lowest BCUT2D eigenvalue weighted by Crippen LogP contribution is -2.45. The Bertz CT molecular complexity index is 880. The lowest BCUT2D eigenvalue weighted by atomic mass is 10.2. The number of morpholine rings is 1. The number of carbonyl (C=O) groups excluding carboxylic acids is 1. The zero-order valence-electron chi connectivity index (χ0n) is 15.0. The van der Waals surface area contributed by atoms with Gasteiger partial charge in [-0.15, -0.1) is 24.8 Å². The van der Waals surface area contributed by atoms with Crippen LogP contribution >= 0.6 is 24.8 Å². The number of rotatable bonds is 5. The summed E-state index contributed by atoms with van der Waals surface area (Å²) in [6.07, 6.45) is 3.42. The molecule has 0 unspecified atom stereocenters. The predicted octanol–water partition coefficient (Wildman–Crippen LogP) is 2.68. The molecule has 1 aromatic carbocycles. The molecule has 28 heavy (non-hydrogen) atoms. The minimum absolute atomic E-state index is 0. The monoisotopic (exact) mass is 424 g/mol. The van der Waals surface area contributed by atoms with E-state index in [0.29, 0.717) is 31.2 Å². The number of halogens is 2. The highest BCUT2D eigenvalue weighted by molar-refractivity contribution is 5.94. The molecule has 0 aliphatic carbocycles. The van der Waals surface area contributed by atoms with Crippen LogP contribution in [0.4, 0.5) is 5.69 Å². The molecule has 3 heterocycles. The largest absolute Gasteiger partial charge is 0.487 e. The van der Waals surface area contributed by atoms with E-state index in [2.05, 4.69) is 15.6 Å². The van der Waals surface area contributed by atoms with E-state index < -0.39 is 6.10 Å². The highest BCUT2D eigenvalue weighted by Gasteiger charge is 2.21. The van der Waals surface area contributed by atoms with Crippen molar-refractivity contribution in [2.75, 3.05) is 25.0 Å². The highest BCUT2D eigenvalue weighted by Crippen LogP contribution is 2.19. The Morgan fingerprint density at radius 3 is 2.96 bits per heavy atom. The lowest BCUT2D eigenvalue weighted by Gasteiger charge is -2.22. The number of aromatic nitrogens is 2. The standard InChI is InChI=1S/C19H20N4O3.2ClH/c24-19(17-11-20-7-9-25-17)22-14-4-3-5-16(10-14)26-13-15-12-23-8-2-1-6-18(23)21-15;;/h1-6,8,10,12,17,20H,7,9,11,13H2,(H,22,24);2*1H/t17-;;/m1../s1. The number of imidazole rings is 1. The fourth-order valence-corrected chi connectivity index (χ4v) is 2.83. The van der Waals surface area contributed by atoms with Crippen LogP contribution in [0.15, 0.2) is 54.9 Å². The first-order chi connectivity index (χ1) is 12.8. The van der Waals surface area contributed by atoms with Gasteiger partial charge in [-0.2, -0.15) is 0 Å². The number of carbonyl (C=O) groups is 1. The van der Waals surface area contributed by atoms with Crippen LogP contribution in [0.5, 0.6) is 5.75 Å². The lowest BCUT2D eigenvalue weighted by molar-refractivity contribution is -0.128. The first-order valence-electron chi connectivity index (χ1n) is 8.56. The predicted molar refractivity (Wildman–Crippen MR) is 112 cm³/mol. The quantitative estimate of drug-likeness (QED) is 0.658. The Morgan fingerprint density at radius 1 is 1.29 bits per heavy atom. The third-order valence-corrected chi connectivity index (χ3v) is 4.12. The van der Waals surface area contributed by atoms with Crippen molar-refractivity contribution in [2.45, 2.75) is 12.7 Å². The van der Waals surface area contributed by atoms with Gasteiger partial charge >= 0.3 is 0 Å². The molecule has 3 aromatic rings. The summed E-state index contributed by atoms with van der Waals surface area (Å²) in [4.78, 5) is 16.7. The molecule has 1 aliphatic rings. The van der Waals surface area contributed by atoms with Crippen molar-refractivity contribution in [1.82, 2.24) is 14.7 Å². The SMILES string of the molecule is Cl.Cl.O=C(Nc1cccc(OCc2cn3ccccc3n2)c1)[C@H]1CNCCO1. The molecule has 1 atom stereocenters. The summed E-state index contributed by atoms with van der Waals surface area (Å²) in [5.74, 6) is 0.511. The van der Waals surface area contributed by atoms with E-state index in [0.717, 1.165) is 17.9 Å². The molecule has 0 radical (unpaired) electrons. The van der Waals surface area contributed by atoms with E-state index >= 15 is 0 Å². The Balaban J connectivity index is 0.00000140. The van der Waals surface area contributed by atoms with E-state index in [9.17, 15) is 4.79 Å². The Morgan fingerprint density at radius 2 is 2.18 bits per heavy atom. The van der Waals surface area contributed by atoms with E-state index in [1.54, 1.807) is 6.07 Å². The molecule has 0 bridgehead atoms. The summed E-state index contributed by atoms with van der Waals surface area (Å²) >= 11 is 0. The molecule has 1 fully saturated rings. The molecule has 4 rings (SSSR count). The van der Waals surface area contributed by atoms with Gasteiger partial charge in [0.05, 0.1) is 12.3 Å². The normalized spacial score (nSPS) is 15.9. The molecule has 1 aliphatic heterocycles. The third-order valence-electron chi connectivity index (χ3n) is 4.12. The molecule has 9 heteroatoms. The number of nitrogens with zero attached hydrogens (tertiary/aromatic N) is 2. The number of hydrogen-bond acceptors (Lipinski definition) is 5. The van der Waals surface area contributed by atoms with Gasteiger partial charge in [0.25, 0.3) is 5.91 Å². The molecule has 150 valence electrons. The van der Waals surface area contributed by atoms with E-state index in [-0.39, 0.29) is 30.7 Å². The van der Waals surface area contributed by atoms with Crippen LogP contribution in [0.1, 0.15) is 5.69 Å². The van der Waals surface area contributed by atoms with Gasteiger partial charge in [0.1, 0.15) is 24.1 Å². The topological polar surface area (TPSA) is 76.9 Å².